The van der Waals surface area contributed by atoms with E-state index >= 15 is 0 Å². The molecule has 0 unspecified atom stereocenters. The number of fused-ring (bicyclic) bond motifs is 1. The fourth-order valence-electron chi connectivity index (χ4n) is 3.93. The van der Waals surface area contributed by atoms with Gasteiger partial charge in [0.15, 0.2) is 0 Å². The van der Waals surface area contributed by atoms with Crippen molar-refractivity contribution >= 4 is 11.6 Å². The highest BCUT2D eigenvalue weighted by Crippen LogP contribution is 2.17. The Bertz CT molecular complexity index is 1120. The number of anilines is 1. The summed E-state index contributed by atoms with van der Waals surface area (Å²) >= 11 is 0. The van der Waals surface area contributed by atoms with Crippen LogP contribution in [0.4, 0.5) is 5.69 Å². The van der Waals surface area contributed by atoms with Crippen molar-refractivity contribution in [1.82, 2.24) is 14.5 Å². The monoisotopic (exact) mass is 402 g/mol. The number of hydrogen-bond acceptors (Lipinski definition) is 4. The molecule has 154 valence electrons. The van der Waals surface area contributed by atoms with Crippen LogP contribution in [-0.4, -0.2) is 26.9 Å². The average Bonchev–Trinajstić information content (AvgIpc) is 2.72. The first-order valence-corrected chi connectivity index (χ1v) is 10.2. The SMILES string of the molecule is Cc1cccc(NC(=O)Cn2c(C)nc3c(c2=O)CCN(Cc2ccccc2)C3)c1. The predicted octanol–water partition coefficient (Wildman–Crippen LogP) is 3.06. The number of carbonyl (C=O) groups excluding carboxylic acids is 1. The Morgan fingerprint density at radius 3 is 2.67 bits per heavy atom. The third kappa shape index (κ3) is 4.49. The van der Waals surface area contributed by atoms with Gasteiger partial charge in [-0.3, -0.25) is 19.1 Å². The summed E-state index contributed by atoms with van der Waals surface area (Å²) in [5.41, 5.74) is 4.50. The second-order valence-electron chi connectivity index (χ2n) is 7.84. The van der Waals surface area contributed by atoms with Gasteiger partial charge in [-0.05, 0) is 43.5 Å². The quantitative estimate of drug-likeness (QED) is 0.712. The van der Waals surface area contributed by atoms with Crippen molar-refractivity contribution in [3.05, 3.63) is 93.2 Å². The Morgan fingerprint density at radius 1 is 1.10 bits per heavy atom. The maximum Gasteiger partial charge on any atom is 0.257 e. The van der Waals surface area contributed by atoms with Gasteiger partial charge < -0.3 is 5.32 Å². The molecule has 1 aliphatic rings. The maximum absolute atomic E-state index is 13.1. The number of carbonyl (C=O) groups is 1. The third-order valence-electron chi connectivity index (χ3n) is 5.44. The van der Waals surface area contributed by atoms with Crippen LogP contribution in [0, 0.1) is 13.8 Å². The molecule has 30 heavy (non-hydrogen) atoms. The van der Waals surface area contributed by atoms with Gasteiger partial charge in [0.25, 0.3) is 5.56 Å². The molecule has 1 aliphatic heterocycles. The molecule has 2 heterocycles. The lowest BCUT2D eigenvalue weighted by Crippen LogP contribution is -2.39. The highest BCUT2D eigenvalue weighted by atomic mass is 16.2. The third-order valence-corrected chi connectivity index (χ3v) is 5.44. The Kier molecular flexibility index (Phi) is 5.77. The zero-order valence-electron chi connectivity index (χ0n) is 17.4. The number of amides is 1. The normalized spacial score (nSPS) is 13.7. The van der Waals surface area contributed by atoms with Crippen molar-refractivity contribution in [2.75, 3.05) is 11.9 Å². The van der Waals surface area contributed by atoms with E-state index in [1.807, 2.05) is 49.4 Å². The molecule has 0 bridgehead atoms. The summed E-state index contributed by atoms with van der Waals surface area (Å²) in [6.45, 7) is 6.01. The van der Waals surface area contributed by atoms with E-state index in [1.165, 1.54) is 10.1 Å². The van der Waals surface area contributed by atoms with Crippen molar-refractivity contribution in [3.63, 3.8) is 0 Å². The molecule has 3 aromatic rings. The van der Waals surface area contributed by atoms with Crippen LogP contribution in [0.15, 0.2) is 59.4 Å². The average molecular weight is 402 g/mol. The van der Waals surface area contributed by atoms with Crippen LogP contribution in [0.1, 0.15) is 28.2 Å². The molecule has 0 aliphatic carbocycles. The minimum atomic E-state index is -0.228. The molecular weight excluding hydrogens is 376 g/mol. The molecule has 0 fully saturated rings. The number of rotatable bonds is 5. The molecular formula is C24H26N4O2. The zero-order valence-corrected chi connectivity index (χ0v) is 17.4. The first-order chi connectivity index (χ1) is 14.5. The summed E-state index contributed by atoms with van der Waals surface area (Å²) in [7, 11) is 0. The van der Waals surface area contributed by atoms with E-state index in [0.29, 0.717) is 18.8 Å². The second kappa shape index (κ2) is 8.63. The smallest absolute Gasteiger partial charge is 0.257 e. The molecule has 1 amide bonds. The lowest BCUT2D eigenvalue weighted by Gasteiger charge is -2.28. The van der Waals surface area contributed by atoms with Crippen molar-refractivity contribution < 1.29 is 4.79 Å². The van der Waals surface area contributed by atoms with Crippen molar-refractivity contribution in [2.45, 2.75) is 39.9 Å². The van der Waals surface area contributed by atoms with Crippen molar-refractivity contribution in [2.24, 2.45) is 0 Å². The van der Waals surface area contributed by atoms with Crippen LogP contribution in [0.5, 0.6) is 0 Å². The van der Waals surface area contributed by atoms with Crippen LogP contribution in [0.25, 0.3) is 0 Å². The Balaban J connectivity index is 1.49. The first kappa shape index (κ1) is 20.0. The topological polar surface area (TPSA) is 67.2 Å². The minimum absolute atomic E-state index is 0.0351. The summed E-state index contributed by atoms with van der Waals surface area (Å²) in [6.07, 6.45) is 0.647. The van der Waals surface area contributed by atoms with Gasteiger partial charge in [-0.1, -0.05) is 42.5 Å². The van der Waals surface area contributed by atoms with Gasteiger partial charge in [-0.25, -0.2) is 4.98 Å². The Morgan fingerprint density at radius 2 is 1.90 bits per heavy atom. The largest absolute Gasteiger partial charge is 0.325 e. The zero-order chi connectivity index (χ0) is 21.1. The fourth-order valence-corrected chi connectivity index (χ4v) is 3.93. The summed E-state index contributed by atoms with van der Waals surface area (Å²) in [6, 6.07) is 17.9. The van der Waals surface area contributed by atoms with E-state index in [-0.39, 0.29) is 18.0 Å². The van der Waals surface area contributed by atoms with Gasteiger partial charge in [0.1, 0.15) is 12.4 Å². The number of aromatic nitrogens is 2. The van der Waals surface area contributed by atoms with Gasteiger partial charge in [0.05, 0.1) is 5.69 Å². The summed E-state index contributed by atoms with van der Waals surface area (Å²) < 4.78 is 1.48. The standard InChI is InChI=1S/C24H26N4O2/c1-17-7-6-10-20(13-17)26-23(29)16-28-18(2)25-22-15-27(12-11-21(22)24(28)30)14-19-8-4-3-5-9-19/h3-10,13H,11-12,14-16H2,1-2H3,(H,26,29). The molecule has 1 aromatic heterocycles. The van der Waals surface area contributed by atoms with E-state index in [9.17, 15) is 9.59 Å². The van der Waals surface area contributed by atoms with Crippen molar-refractivity contribution in [3.8, 4) is 0 Å². The number of aryl methyl sites for hydroxylation is 2. The van der Waals surface area contributed by atoms with Crippen molar-refractivity contribution in [1.29, 1.82) is 0 Å². The lowest BCUT2D eigenvalue weighted by atomic mass is 10.1. The lowest BCUT2D eigenvalue weighted by molar-refractivity contribution is -0.116. The summed E-state index contributed by atoms with van der Waals surface area (Å²) in [4.78, 5) is 32.6. The molecule has 0 spiro atoms. The molecule has 6 heteroatoms. The highest BCUT2D eigenvalue weighted by molar-refractivity contribution is 5.90. The highest BCUT2D eigenvalue weighted by Gasteiger charge is 2.23. The van der Waals surface area contributed by atoms with Crippen LogP contribution < -0.4 is 10.9 Å². The van der Waals surface area contributed by atoms with E-state index in [1.54, 1.807) is 6.92 Å². The second-order valence-corrected chi connectivity index (χ2v) is 7.84. The predicted molar refractivity (Wildman–Crippen MR) is 117 cm³/mol. The Labute approximate surface area is 176 Å². The molecule has 0 radical (unpaired) electrons. The molecule has 6 nitrogen and oxygen atoms in total. The maximum atomic E-state index is 13.1. The van der Waals surface area contributed by atoms with E-state index < -0.39 is 0 Å². The van der Waals surface area contributed by atoms with Crippen LogP contribution >= 0.6 is 0 Å². The van der Waals surface area contributed by atoms with E-state index in [0.717, 1.165) is 35.6 Å². The number of benzene rings is 2. The first-order valence-electron chi connectivity index (χ1n) is 10.2. The summed E-state index contributed by atoms with van der Waals surface area (Å²) in [5, 5.41) is 2.87. The van der Waals surface area contributed by atoms with E-state index in [4.69, 9.17) is 0 Å². The molecule has 0 saturated carbocycles. The Hall–Kier alpha value is -3.25. The van der Waals surface area contributed by atoms with Crippen LogP contribution in [0.3, 0.4) is 0 Å². The number of hydrogen-bond donors (Lipinski definition) is 1. The number of nitrogens with zero attached hydrogens (tertiary/aromatic N) is 3. The molecule has 0 atom stereocenters. The van der Waals surface area contributed by atoms with Gasteiger partial charge in [0, 0.05) is 30.9 Å². The van der Waals surface area contributed by atoms with Gasteiger partial charge in [-0.15, -0.1) is 0 Å². The molecule has 2 aromatic carbocycles. The van der Waals surface area contributed by atoms with Crippen LogP contribution in [-0.2, 0) is 30.8 Å². The van der Waals surface area contributed by atoms with E-state index in [2.05, 4.69) is 27.3 Å². The minimum Gasteiger partial charge on any atom is -0.325 e. The van der Waals surface area contributed by atoms with Crippen LogP contribution in [0.2, 0.25) is 0 Å². The number of nitrogens with one attached hydrogen (secondary N) is 1. The molecule has 0 saturated heterocycles. The molecule has 1 N–H and O–H groups in total. The van der Waals surface area contributed by atoms with Gasteiger partial charge >= 0.3 is 0 Å². The fraction of sp³-hybridized carbons (Fsp3) is 0.292. The van der Waals surface area contributed by atoms with Gasteiger partial charge in [0.2, 0.25) is 5.91 Å². The van der Waals surface area contributed by atoms with Gasteiger partial charge in [-0.2, -0.15) is 0 Å². The summed E-state index contributed by atoms with van der Waals surface area (Å²) in [5.74, 6) is 0.341. The molecule has 4 rings (SSSR count).